The summed E-state index contributed by atoms with van der Waals surface area (Å²) in [5.74, 6) is 1.32. The van der Waals surface area contributed by atoms with Crippen molar-refractivity contribution in [2.24, 2.45) is 0 Å². The van der Waals surface area contributed by atoms with E-state index in [1.165, 1.54) is 7.11 Å². The van der Waals surface area contributed by atoms with Crippen LogP contribution in [0.15, 0.2) is 60.7 Å². The van der Waals surface area contributed by atoms with Gasteiger partial charge in [0.25, 0.3) is 0 Å². The van der Waals surface area contributed by atoms with E-state index >= 15 is 0 Å². The van der Waals surface area contributed by atoms with Gasteiger partial charge >= 0.3 is 0 Å². The fraction of sp³-hybridized carbons (Fsp3) is 0.231. The number of aryl methyl sites for hydroxylation is 2. The Hall–Kier alpha value is -3.80. The highest BCUT2D eigenvalue weighted by Crippen LogP contribution is 2.28. The number of carbonyl (C=O) groups excluding carboxylic acids is 2. The van der Waals surface area contributed by atoms with E-state index in [4.69, 9.17) is 18.9 Å². The van der Waals surface area contributed by atoms with Crippen LogP contribution in [0.3, 0.4) is 0 Å². The van der Waals surface area contributed by atoms with Crippen LogP contribution in [0, 0.1) is 0 Å². The molecule has 0 aliphatic heterocycles. The van der Waals surface area contributed by atoms with Crippen LogP contribution in [0.1, 0.15) is 31.8 Å². The smallest absolute Gasteiger partial charge is 0.233 e. The molecule has 0 spiro atoms. The van der Waals surface area contributed by atoms with E-state index < -0.39 is 11.6 Å². The highest BCUT2D eigenvalue weighted by atomic mass is 16.5. The van der Waals surface area contributed by atoms with E-state index in [1.807, 2.05) is 24.3 Å². The van der Waals surface area contributed by atoms with Gasteiger partial charge in [-0.3, -0.25) is 9.59 Å². The maximum absolute atomic E-state index is 12.9. The number of ketones is 2. The molecule has 0 N–H and O–H groups in total. The predicted octanol–water partition coefficient (Wildman–Crippen LogP) is 4.57. The Kier molecular flexibility index (Phi) is 7.49. The van der Waals surface area contributed by atoms with Crippen molar-refractivity contribution in [3.8, 4) is 23.0 Å². The second kappa shape index (κ2) is 10.5. The van der Waals surface area contributed by atoms with Crippen molar-refractivity contribution in [3.05, 3.63) is 82.9 Å². The third kappa shape index (κ3) is 5.27. The molecule has 6 nitrogen and oxygen atoms in total. The zero-order chi connectivity index (χ0) is 23.1. The van der Waals surface area contributed by atoms with Crippen molar-refractivity contribution in [2.75, 3.05) is 28.4 Å². The van der Waals surface area contributed by atoms with Crippen LogP contribution in [-0.2, 0) is 12.8 Å². The molecule has 0 unspecified atom stereocenters. The van der Waals surface area contributed by atoms with E-state index in [0.29, 0.717) is 47.0 Å². The van der Waals surface area contributed by atoms with Crippen LogP contribution < -0.4 is 18.9 Å². The summed E-state index contributed by atoms with van der Waals surface area (Å²) in [4.78, 5) is 25.6. The van der Waals surface area contributed by atoms with Gasteiger partial charge in [-0.15, -0.1) is 0 Å². The number of methoxy groups -OCH3 is 4. The molecule has 0 bridgehead atoms. The number of ether oxygens (including phenoxy) is 4. The van der Waals surface area contributed by atoms with Gasteiger partial charge in [0.1, 0.15) is 11.5 Å². The first-order chi connectivity index (χ1) is 15.5. The third-order valence-corrected chi connectivity index (χ3v) is 5.17. The van der Waals surface area contributed by atoms with Crippen LogP contribution in [0.5, 0.6) is 23.0 Å². The summed E-state index contributed by atoms with van der Waals surface area (Å²) >= 11 is 0. The minimum atomic E-state index is -0.582. The second-order valence-electron chi connectivity index (χ2n) is 7.15. The average molecular weight is 434 g/mol. The molecule has 3 rings (SSSR count). The number of Topliss-reactive ketones (excluding diaryl/α,β-unsaturated/α-hetero) is 2. The van der Waals surface area contributed by atoms with Crippen LogP contribution >= 0.6 is 0 Å². The summed E-state index contributed by atoms with van der Waals surface area (Å²) in [5, 5.41) is 0. The minimum absolute atomic E-state index is 0.299. The van der Waals surface area contributed by atoms with E-state index in [-0.39, 0.29) is 0 Å². The van der Waals surface area contributed by atoms with E-state index in [9.17, 15) is 9.59 Å². The fourth-order valence-electron chi connectivity index (χ4n) is 3.38. The van der Waals surface area contributed by atoms with Crippen molar-refractivity contribution in [3.63, 3.8) is 0 Å². The van der Waals surface area contributed by atoms with Gasteiger partial charge in [0, 0.05) is 11.1 Å². The van der Waals surface area contributed by atoms with E-state index in [0.717, 1.165) is 11.1 Å². The third-order valence-electron chi connectivity index (χ3n) is 5.17. The minimum Gasteiger partial charge on any atom is -0.497 e. The first kappa shape index (κ1) is 22.9. The lowest BCUT2D eigenvalue weighted by atomic mass is 9.97. The highest BCUT2D eigenvalue weighted by molar-refractivity contribution is 6.49. The molecule has 0 aliphatic rings. The summed E-state index contributed by atoms with van der Waals surface area (Å²) in [6.45, 7) is 0. The van der Waals surface area contributed by atoms with Crippen LogP contribution in [-0.4, -0.2) is 40.0 Å². The lowest BCUT2D eigenvalue weighted by Gasteiger charge is -2.11. The Morgan fingerprint density at radius 2 is 1.19 bits per heavy atom. The molecule has 3 aromatic carbocycles. The van der Waals surface area contributed by atoms with Gasteiger partial charge in [-0.1, -0.05) is 6.07 Å². The molecule has 0 amide bonds. The van der Waals surface area contributed by atoms with Gasteiger partial charge in [0.2, 0.25) is 11.6 Å². The Labute approximate surface area is 187 Å². The highest BCUT2D eigenvalue weighted by Gasteiger charge is 2.20. The van der Waals surface area contributed by atoms with E-state index in [2.05, 4.69) is 0 Å². The van der Waals surface area contributed by atoms with E-state index in [1.54, 1.807) is 57.7 Å². The SMILES string of the molecule is COc1ccc(C(=O)C(=O)c2cc(CCc3ccc(OC)c(OC)c3)cc(OC)c2)cc1. The van der Waals surface area contributed by atoms with Crippen LogP contribution in [0.2, 0.25) is 0 Å². The molecule has 3 aromatic rings. The Morgan fingerprint density at radius 3 is 1.81 bits per heavy atom. The first-order valence-electron chi connectivity index (χ1n) is 10.1. The maximum Gasteiger partial charge on any atom is 0.233 e. The maximum atomic E-state index is 12.9. The van der Waals surface area contributed by atoms with Crippen molar-refractivity contribution < 1.29 is 28.5 Å². The van der Waals surface area contributed by atoms with Crippen LogP contribution in [0.25, 0.3) is 0 Å². The van der Waals surface area contributed by atoms with Gasteiger partial charge in [-0.25, -0.2) is 0 Å². The quantitative estimate of drug-likeness (QED) is 0.344. The number of benzene rings is 3. The molecule has 166 valence electrons. The average Bonchev–Trinajstić information content (AvgIpc) is 2.86. The summed E-state index contributed by atoms with van der Waals surface area (Å²) in [5.41, 5.74) is 2.57. The summed E-state index contributed by atoms with van der Waals surface area (Å²) in [7, 11) is 6.27. The van der Waals surface area contributed by atoms with Crippen molar-refractivity contribution in [1.29, 1.82) is 0 Å². The van der Waals surface area contributed by atoms with Gasteiger partial charge < -0.3 is 18.9 Å². The largest absolute Gasteiger partial charge is 0.497 e. The van der Waals surface area contributed by atoms with Gasteiger partial charge in [0.15, 0.2) is 11.5 Å². The molecule has 0 radical (unpaired) electrons. The molecule has 0 aliphatic carbocycles. The molecule has 0 saturated carbocycles. The molecular weight excluding hydrogens is 408 g/mol. The Balaban J connectivity index is 1.80. The number of rotatable bonds is 10. The number of hydrogen-bond donors (Lipinski definition) is 0. The summed E-state index contributed by atoms with van der Waals surface area (Å²) in [6, 6.07) is 17.4. The van der Waals surface area contributed by atoms with Gasteiger partial charge in [-0.2, -0.15) is 0 Å². The first-order valence-corrected chi connectivity index (χ1v) is 10.1. The Morgan fingerprint density at radius 1 is 0.562 bits per heavy atom. The van der Waals surface area contributed by atoms with Crippen LogP contribution in [0.4, 0.5) is 0 Å². The van der Waals surface area contributed by atoms with Crippen molar-refractivity contribution in [2.45, 2.75) is 12.8 Å². The lowest BCUT2D eigenvalue weighted by Crippen LogP contribution is -2.15. The monoisotopic (exact) mass is 434 g/mol. The van der Waals surface area contributed by atoms with Crippen molar-refractivity contribution in [1.82, 2.24) is 0 Å². The molecule has 0 atom stereocenters. The Bertz CT molecular complexity index is 1100. The molecule has 0 saturated heterocycles. The molecule has 6 heteroatoms. The number of hydrogen-bond acceptors (Lipinski definition) is 6. The van der Waals surface area contributed by atoms with Gasteiger partial charge in [-0.05, 0) is 78.6 Å². The lowest BCUT2D eigenvalue weighted by molar-refractivity contribution is 0.0816. The fourth-order valence-corrected chi connectivity index (χ4v) is 3.38. The summed E-state index contributed by atoms with van der Waals surface area (Å²) in [6.07, 6.45) is 1.37. The standard InChI is InChI=1S/C26H26O6/c1-29-21-10-8-19(9-11-21)25(27)26(28)20-13-18(14-22(16-20)30-2)6-5-17-7-12-23(31-3)24(15-17)32-4/h7-16H,5-6H2,1-4H3. The molecule has 0 aromatic heterocycles. The summed E-state index contributed by atoms with van der Waals surface area (Å²) < 4.78 is 21.1. The zero-order valence-electron chi connectivity index (χ0n) is 18.6. The number of carbonyl (C=O) groups is 2. The van der Waals surface area contributed by atoms with Gasteiger partial charge in [0.05, 0.1) is 28.4 Å². The molecular formula is C26H26O6. The molecule has 32 heavy (non-hydrogen) atoms. The van der Waals surface area contributed by atoms with Crippen molar-refractivity contribution >= 4 is 11.6 Å². The molecule has 0 fully saturated rings. The predicted molar refractivity (Wildman–Crippen MR) is 122 cm³/mol. The normalized spacial score (nSPS) is 10.4. The second-order valence-corrected chi connectivity index (χ2v) is 7.15. The molecule has 0 heterocycles. The zero-order valence-corrected chi connectivity index (χ0v) is 18.6. The topological polar surface area (TPSA) is 71.1 Å².